The van der Waals surface area contributed by atoms with E-state index in [1.54, 1.807) is 0 Å². The van der Waals surface area contributed by atoms with Crippen molar-refractivity contribution in [3.8, 4) is 0 Å². The number of carbonyl (C=O) groups excluding carboxylic acids is 1. The van der Waals surface area contributed by atoms with E-state index in [1.165, 1.54) is 0 Å². The lowest BCUT2D eigenvalue weighted by Gasteiger charge is -2.22. The fraction of sp³-hybridized carbons (Fsp3) is 0.857. The molecule has 0 amide bonds. The van der Waals surface area contributed by atoms with Crippen LogP contribution < -0.4 is 0 Å². The molecule has 66 valence electrons. The molecule has 0 aliphatic rings. The summed E-state index contributed by atoms with van der Waals surface area (Å²) in [6.45, 7) is 8.13. The SMILES string of the molecule is CC(CC(=O)Cl)O[Si](C)(C)C. The Morgan fingerprint density at radius 2 is 2.00 bits per heavy atom. The van der Waals surface area contributed by atoms with E-state index < -0.39 is 8.32 Å². The molecule has 0 aliphatic carbocycles. The van der Waals surface area contributed by atoms with Crippen molar-refractivity contribution >= 4 is 25.2 Å². The van der Waals surface area contributed by atoms with Crippen molar-refractivity contribution in [2.75, 3.05) is 0 Å². The van der Waals surface area contributed by atoms with Crippen molar-refractivity contribution in [3.05, 3.63) is 0 Å². The average molecular weight is 195 g/mol. The van der Waals surface area contributed by atoms with Gasteiger partial charge in [0.2, 0.25) is 5.24 Å². The Labute approximate surface area is 74.0 Å². The van der Waals surface area contributed by atoms with Crippen molar-refractivity contribution in [2.45, 2.75) is 39.1 Å². The van der Waals surface area contributed by atoms with Crippen LogP contribution in [-0.4, -0.2) is 19.7 Å². The van der Waals surface area contributed by atoms with Crippen molar-refractivity contribution in [1.82, 2.24) is 0 Å². The Bertz CT molecular complexity index is 142. The normalized spacial score (nSPS) is 14.6. The first-order chi connectivity index (χ1) is 4.81. The zero-order valence-corrected chi connectivity index (χ0v) is 9.23. The molecule has 0 bridgehead atoms. The fourth-order valence-corrected chi connectivity index (χ4v) is 2.38. The molecule has 0 saturated heterocycles. The maximum atomic E-state index is 10.4. The summed E-state index contributed by atoms with van der Waals surface area (Å²) in [7, 11) is -1.50. The second-order valence-electron chi connectivity index (χ2n) is 3.60. The monoisotopic (exact) mass is 194 g/mol. The molecule has 0 radical (unpaired) electrons. The molecule has 0 rings (SSSR count). The lowest BCUT2D eigenvalue weighted by Crippen LogP contribution is -2.31. The van der Waals surface area contributed by atoms with Crippen molar-refractivity contribution in [1.29, 1.82) is 0 Å². The zero-order chi connectivity index (χ0) is 9.07. The van der Waals surface area contributed by atoms with Gasteiger partial charge in [-0.3, -0.25) is 4.79 Å². The second-order valence-corrected chi connectivity index (χ2v) is 8.48. The van der Waals surface area contributed by atoms with E-state index >= 15 is 0 Å². The third-order valence-electron chi connectivity index (χ3n) is 1.00. The van der Waals surface area contributed by atoms with Crippen LogP contribution in [0.2, 0.25) is 19.6 Å². The van der Waals surface area contributed by atoms with Gasteiger partial charge in [-0.25, -0.2) is 0 Å². The van der Waals surface area contributed by atoms with Gasteiger partial charge in [0.05, 0.1) is 6.10 Å². The Hall–Kier alpha value is 0.137. The van der Waals surface area contributed by atoms with E-state index in [4.69, 9.17) is 16.0 Å². The third kappa shape index (κ3) is 8.04. The second kappa shape index (κ2) is 4.23. The molecule has 2 nitrogen and oxygen atoms in total. The summed E-state index contributed by atoms with van der Waals surface area (Å²) in [5.41, 5.74) is 0. The predicted molar refractivity (Wildman–Crippen MR) is 49.4 cm³/mol. The molecule has 0 aromatic heterocycles. The van der Waals surface area contributed by atoms with E-state index in [2.05, 4.69) is 19.6 Å². The molecule has 4 heteroatoms. The van der Waals surface area contributed by atoms with Gasteiger partial charge in [-0.05, 0) is 38.2 Å². The molecule has 1 atom stereocenters. The quantitative estimate of drug-likeness (QED) is 0.508. The molecule has 0 aromatic rings. The van der Waals surface area contributed by atoms with Gasteiger partial charge in [0, 0.05) is 6.42 Å². The van der Waals surface area contributed by atoms with E-state index in [0.29, 0.717) is 6.42 Å². The molecule has 0 saturated carbocycles. The number of halogens is 1. The molecule has 0 heterocycles. The molecule has 0 fully saturated rings. The fourth-order valence-electron chi connectivity index (χ4n) is 0.871. The molecule has 0 spiro atoms. The Balaban J connectivity index is 3.69. The van der Waals surface area contributed by atoms with Crippen LogP contribution in [0.4, 0.5) is 0 Å². The first-order valence-electron chi connectivity index (χ1n) is 3.67. The van der Waals surface area contributed by atoms with Gasteiger partial charge in [0.1, 0.15) is 0 Å². The Morgan fingerprint density at radius 1 is 1.55 bits per heavy atom. The smallest absolute Gasteiger partial charge is 0.224 e. The highest BCUT2D eigenvalue weighted by molar-refractivity contribution is 6.69. The van der Waals surface area contributed by atoms with Crippen molar-refractivity contribution < 1.29 is 9.22 Å². The molecule has 0 aliphatic heterocycles. The minimum atomic E-state index is -1.50. The molecule has 1 unspecified atom stereocenters. The third-order valence-corrected chi connectivity index (χ3v) is 2.27. The standard InChI is InChI=1S/C7H15ClO2Si/c1-6(5-7(8)9)10-11(2,3)4/h6H,5H2,1-4H3. The minimum Gasteiger partial charge on any atom is -0.415 e. The van der Waals surface area contributed by atoms with Crippen LogP contribution in [0, 0.1) is 0 Å². The first kappa shape index (κ1) is 11.1. The summed E-state index contributed by atoms with van der Waals surface area (Å²) in [6, 6.07) is 0. The maximum Gasteiger partial charge on any atom is 0.224 e. The maximum absolute atomic E-state index is 10.4. The lowest BCUT2D eigenvalue weighted by molar-refractivity contribution is -0.113. The number of carbonyl (C=O) groups is 1. The van der Waals surface area contributed by atoms with Crippen molar-refractivity contribution in [2.24, 2.45) is 0 Å². The number of hydrogen-bond acceptors (Lipinski definition) is 2. The summed E-state index contributed by atoms with van der Waals surface area (Å²) >= 11 is 5.20. The van der Waals surface area contributed by atoms with Crippen LogP contribution in [-0.2, 0) is 9.22 Å². The van der Waals surface area contributed by atoms with Crippen molar-refractivity contribution in [3.63, 3.8) is 0 Å². The molecule has 11 heavy (non-hydrogen) atoms. The number of rotatable bonds is 4. The molecule has 0 aromatic carbocycles. The largest absolute Gasteiger partial charge is 0.415 e. The van der Waals surface area contributed by atoms with Crippen LogP contribution >= 0.6 is 11.6 Å². The van der Waals surface area contributed by atoms with Gasteiger partial charge in [-0.15, -0.1) is 0 Å². The highest BCUT2D eigenvalue weighted by atomic mass is 35.5. The minimum absolute atomic E-state index is 0.0355. The predicted octanol–water partition coefficient (Wildman–Crippen LogP) is 2.38. The van der Waals surface area contributed by atoms with Crippen LogP contribution in [0.1, 0.15) is 13.3 Å². The van der Waals surface area contributed by atoms with Crippen LogP contribution in [0.25, 0.3) is 0 Å². The summed E-state index contributed by atoms with van der Waals surface area (Å²) in [5, 5.41) is -0.323. The average Bonchev–Trinajstić information content (AvgIpc) is 1.53. The summed E-state index contributed by atoms with van der Waals surface area (Å²) in [6.07, 6.45) is 0.276. The van der Waals surface area contributed by atoms with Crippen LogP contribution in [0.3, 0.4) is 0 Å². The van der Waals surface area contributed by atoms with Crippen LogP contribution in [0.5, 0.6) is 0 Å². The van der Waals surface area contributed by atoms with Gasteiger partial charge in [0.25, 0.3) is 0 Å². The summed E-state index contributed by atoms with van der Waals surface area (Å²) in [4.78, 5) is 10.4. The van der Waals surface area contributed by atoms with E-state index in [0.717, 1.165) is 0 Å². The van der Waals surface area contributed by atoms with Gasteiger partial charge < -0.3 is 4.43 Å². The van der Waals surface area contributed by atoms with E-state index in [9.17, 15) is 4.79 Å². The van der Waals surface area contributed by atoms with Gasteiger partial charge >= 0.3 is 0 Å². The zero-order valence-electron chi connectivity index (χ0n) is 7.48. The van der Waals surface area contributed by atoms with Crippen LogP contribution in [0.15, 0.2) is 0 Å². The highest BCUT2D eigenvalue weighted by Gasteiger charge is 2.19. The first-order valence-corrected chi connectivity index (χ1v) is 7.46. The van der Waals surface area contributed by atoms with Gasteiger partial charge in [-0.2, -0.15) is 0 Å². The Kier molecular flexibility index (Phi) is 4.29. The Morgan fingerprint density at radius 3 is 2.27 bits per heavy atom. The molecular formula is C7H15ClO2Si. The topological polar surface area (TPSA) is 26.3 Å². The summed E-state index contributed by atoms with van der Waals surface area (Å²) < 4.78 is 5.58. The number of hydrogen-bond donors (Lipinski definition) is 0. The molecule has 0 N–H and O–H groups in total. The lowest BCUT2D eigenvalue weighted by atomic mass is 10.3. The molecular weight excluding hydrogens is 180 g/mol. The van der Waals surface area contributed by atoms with Gasteiger partial charge in [-0.1, -0.05) is 0 Å². The summed E-state index contributed by atoms with van der Waals surface area (Å²) in [5.74, 6) is 0. The van der Waals surface area contributed by atoms with E-state index in [1.807, 2.05) is 6.92 Å². The van der Waals surface area contributed by atoms with E-state index in [-0.39, 0.29) is 11.3 Å². The highest BCUT2D eigenvalue weighted by Crippen LogP contribution is 2.10. The van der Waals surface area contributed by atoms with Gasteiger partial charge in [0.15, 0.2) is 8.32 Å².